The number of aliphatic hydroxyl groups is 1. The minimum absolute atomic E-state index is 0.00124. The third-order valence-electron chi connectivity index (χ3n) is 10.5. The van der Waals surface area contributed by atoms with Crippen molar-refractivity contribution in [2.24, 2.45) is 34.0 Å². The summed E-state index contributed by atoms with van der Waals surface area (Å²) in [6, 6.07) is 6.08. The number of Topliss-reactive ketones (excluding diaryl/α,β-unsaturated/α-hetero) is 1. The van der Waals surface area contributed by atoms with Crippen molar-refractivity contribution in [3.63, 3.8) is 0 Å². The van der Waals surface area contributed by atoms with Crippen LogP contribution in [-0.2, 0) is 33.4 Å². The Kier molecular flexibility index (Phi) is 7.71. The first-order valence-corrected chi connectivity index (χ1v) is 15.0. The SMILES string of the molecule is CC[C@]1(C=O)C[C@@H](OC(=O)COS(=O)(=O)c2ccc(C)cc2)[C@@]2(C)C3C(=O)CCC3(CC[C@H]2C)[C@H](C)[C@@H]1O. The molecule has 8 nitrogen and oxygen atoms in total. The molecule has 0 radical (unpaired) electrons. The summed E-state index contributed by atoms with van der Waals surface area (Å²) in [5.74, 6) is -1.50. The van der Waals surface area contributed by atoms with Gasteiger partial charge in [0.25, 0.3) is 10.1 Å². The van der Waals surface area contributed by atoms with Crippen LogP contribution < -0.4 is 0 Å². The first-order chi connectivity index (χ1) is 17.8. The van der Waals surface area contributed by atoms with E-state index in [-0.39, 0.29) is 28.9 Å². The smallest absolute Gasteiger partial charge is 0.333 e. The van der Waals surface area contributed by atoms with E-state index < -0.39 is 57.1 Å². The molecule has 1 aromatic rings. The fourth-order valence-corrected chi connectivity index (χ4v) is 8.67. The van der Waals surface area contributed by atoms with Gasteiger partial charge in [-0.3, -0.25) is 8.98 Å². The summed E-state index contributed by atoms with van der Waals surface area (Å²) in [5, 5.41) is 11.6. The molecule has 2 bridgehead atoms. The molecule has 1 N–H and O–H groups in total. The molecule has 0 spiro atoms. The third-order valence-corrected chi connectivity index (χ3v) is 11.8. The van der Waals surface area contributed by atoms with Crippen LogP contribution in [0.1, 0.15) is 71.8 Å². The summed E-state index contributed by atoms with van der Waals surface area (Å²) in [4.78, 5) is 39.1. The summed E-state index contributed by atoms with van der Waals surface area (Å²) in [5.41, 5.74) is -1.56. The average Bonchev–Trinajstić information content (AvgIpc) is 3.25. The molecule has 3 saturated carbocycles. The Morgan fingerprint density at radius 1 is 1.18 bits per heavy atom. The largest absolute Gasteiger partial charge is 0.460 e. The normalized spacial score (nSPS) is 39.1. The molecule has 9 heteroatoms. The highest BCUT2D eigenvalue weighted by molar-refractivity contribution is 7.86. The highest BCUT2D eigenvalue weighted by atomic mass is 32.2. The number of rotatable bonds is 7. The molecule has 4 rings (SSSR count). The van der Waals surface area contributed by atoms with Gasteiger partial charge in [0.1, 0.15) is 18.2 Å². The Bertz CT molecular complexity index is 1190. The van der Waals surface area contributed by atoms with Crippen LogP contribution in [0.4, 0.5) is 0 Å². The van der Waals surface area contributed by atoms with Crippen LogP contribution in [0.15, 0.2) is 29.2 Å². The second kappa shape index (κ2) is 10.1. The Hall–Kier alpha value is -2.10. The number of ether oxygens (including phenoxy) is 1. The lowest BCUT2D eigenvalue weighted by atomic mass is 9.43. The summed E-state index contributed by atoms with van der Waals surface area (Å²) in [6.07, 6.45) is 1.87. The minimum Gasteiger partial charge on any atom is -0.460 e. The number of aliphatic hydroxyl groups excluding tert-OH is 1. The Labute approximate surface area is 225 Å². The van der Waals surface area contributed by atoms with Crippen molar-refractivity contribution >= 4 is 28.2 Å². The van der Waals surface area contributed by atoms with E-state index in [1.54, 1.807) is 12.1 Å². The number of carbonyl (C=O) groups excluding carboxylic acids is 3. The van der Waals surface area contributed by atoms with Crippen LogP contribution in [0.3, 0.4) is 0 Å². The number of benzene rings is 1. The first-order valence-electron chi connectivity index (χ1n) is 13.6. The van der Waals surface area contributed by atoms with E-state index in [1.807, 2.05) is 34.6 Å². The molecule has 3 aliphatic carbocycles. The van der Waals surface area contributed by atoms with Gasteiger partial charge in [-0.2, -0.15) is 8.42 Å². The molecule has 1 aromatic carbocycles. The Balaban J connectivity index is 1.68. The van der Waals surface area contributed by atoms with E-state index in [9.17, 15) is 27.9 Å². The highest BCUT2D eigenvalue weighted by Crippen LogP contribution is 2.68. The topological polar surface area (TPSA) is 124 Å². The van der Waals surface area contributed by atoms with Gasteiger partial charge in [0.05, 0.1) is 16.4 Å². The zero-order valence-corrected chi connectivity index (χ0v) is 23.8. The van der Waals surface area contributed by atoms with Gasteiger partial charge in [-0.25, -0.2) is 4.79 Å². The maximum atomic E-state index is 13.5. The van der Waals surface area contributed by atoms with Gasteiger partial charge in [0, 0.05) is 17.8 Å². The van der Waals surface area contributed by atoms with Crippen molar-refractivity contribution in [1.82, 2.24) is 0 Å². The lowest BCUT2D eigenvalue weighted by Crippen LogP contribution is -2.64. The predicted molar refractivity (Wildman–Crippen MR) is 139 cm³/mol. The second-order valence-electron chi connectivity index (χ2n) is 12.1. The molecule has 0 amide bonds. The van der Waals surface area contributed by atoms with Crippen LogP contribution in [0.25, 0.3) is 0 Å². The van der Waals surface area contributed by atoms with Gasteiger partial charge < -0.3 is 14.6 Å². The minimum atomic E-state index is -4.19. The molecular weight excluding hydrogens is 508 g/mol. The summed E-state index contributed by atoms with van der Waals surface area (Å²) >= 11 is 0. The lowest BCUT2D eigenvalue weighted by Gasteiger charge is -2.61. The first kappa shape index (κ1) is 28.9. The summed E-state index contributed by atoms with van der Waals surface area (Å²) in [7, 11) is -4.19. The zero-order chi connectivity index (χ0) is 28.1. The van der Waals surface area contributed by atoms with Crippen molar-refractivity contribution in [1.29, 1.82) is 0 Å². The average molecular weight is 549 g/mol. The number of aryl methyl sites for hydroxylation is 1. The van der Waals surface area contributed by atoms with E-state index in [4.69, 9.17) is 8.92 Å². The van der Waals surface area contributed by atoms with Gasteiger partial charge in [0.2, 0.25) is 0 Å². The molecule has 0 aliphatic heterocycles. The number of ketones is 1. The highest BCUT2D eigenvalue weighted by Gasteiger charge is 2.68. The number of carbonyl (C=O) groups is 3. The van der Waals surface area contributed by atoms with Crippen molar-refractivity contribution in [3.8, 4) is 0 Å². The number of hydrogen-bond donors (Lipinski definition) is 1. The summed E-state index contributed by atoms with van der Waals surface area (Å²) in [6.45, 7) is 8.80. The molecule has 3 aliphatic rings. The fraction of sp³-hybridized carbons (Fsp3) is 0.690. The number of esters is 1. The fourth-order valence-electron chi connectivity index (χ4n) is 7.82. The maximum Gasteiger partial charge on any atom is 0.333 e. The van der Waals surface area contributed by atoms with Crippen LogP contribution in [0, 0.1) is 40.9 Å². The monoisotopic (exact) mass is 548 g/mol. The molecule has 3 fully saturated rings. The second-order valence-corrected chi connectivity index (χ2v) is 13.7. The Morgan fingerprint density at radius 3 is 2.45 bits per heavy atom. The molecule has 0 heterocycles. The van der Waals surface area contributed by atoms with Crippen LogP contribution in [0.2, 0.25) is 0 Å². The third kappa shape index (κ3) is 4.44. The molecule has 8 atom stereocenters. The van der Waals surface area contributed by atoms with Gasteiger partial charge in [-0.1, -0.05) is 45.4 Å². The molecule has 0 saturated heterocycles. The van der Waals surface area contributed by atoms with E-state index in [2.05, 4.69) is 0 Å². The van der Waals surface area contributed by atoms with Crippen molar-refractivity contribution in [2.75, 3.05) is 6.61 Å². The molecular formula is C29H40O8S. The van der Waals surface area contributed by atoms with Gasteiger partial charge >= 0.3 is 5.97 Å². The summed E-state index contributed by atoms with van der Waals surface area (Å²) < 4.78 is 36.3. The number of aldehydes is 1. The van der Waals surface area contributed by atoms with Crippen molar-refractivity contribution in [3.05, 3.63) is 29.8 Å². The van der Waals surface area contributed by atoms with Gasteiger partial charge in [0.15, 0.2) is 6.61 Å². The maximum absolute atomic E-state index is 13.5. The van der Waals surface area contributed by atoms with E-state index in [0.29, 0.717) is 19.3 Å². The quantitative estimate of drug-likeness (QED) is 0.308. The van der Waals surface area contributed by atoms with Gasteiger partial charge in [-0.05, 0) is 68.4 Å². The molecule has 38 heavy (non-hydrogen) atoms. The van der Waals surface area contributed by atoms with Crippen LogP contribution in [-0.4, -0.2) is 50.4 Å². The lowest BCUT2D eigenvalue weighted by molar-refractivity contribution is -0.212. The standard InChI is InChI=1S/C29H40O8S/c1-6-28(17-30)15-23(37-24(32)16-36-38(34,35)21-9-7-18(2)8-10-21)27(5)19(3)11-13-29(20(4)26(28)33)14-12-22(31)25(27)29/h7-10,17,19-20,23,25-26,33H,6,11-16H2,1-5H3/t19-,20-,23-,25?,26+,27+,28-,29?/m1/s1. The molecule has 2 unspecified atom stereocenters. The zero-order valence-electron chi connectivity index (χ0n) is 22.9. The van der Waals surface area contributed by atoms with Crippen LogP contribution >= 0.6 is 0 Å². The van der Waals surface area contributed by atoms with E-state index >= 15 is 0 Å². The van der Waals surface area contributed by atoms with Gasteiger partial charge in [-0.15, -0.1) is 0 Å². The van der Waals surface area contributed by atoms with Crippen molar-refractivity contribution < 1.29 is 36.8 Å². The van der Waals surface area contributed by atoms with E-state index in [0.717, 1.165) is 24.7 Å². The Morgan fingerprint density at radius 2 is 1.84 bits per heavy atom. The molecule has 210 valence electrons. The van der Waals surface area contributed by atoms with Crippen LogP contribution in [0.5, 0.6) is 0 Å². The van der Waals surface area contributed by atoms with Crippen molar-refractivity contribution in [2.45, 2.75) is 90.2 Å². The van der Waals surface area contributed by atoms with E-state index in [1.165, 1.54) is 12.1 Å². The predicted octanol–water partition coefficient (Wildman–Crippen LogP) is 4.01. The number of hydrogen-bond acceptors (Lipinski definition) is 8. The molecule has 0 aromatic heterocycles.